The SMILES string of the molecule is COc1cccc2c1OCCC2NC(=O)NCc1cccc(OC2CC2)c1F. The molecule has 148 valence electrons. The van der Waals surface area contributed by atoms with Crippen LogP contribution >= 0.6 is 0 Å². The molecule has 1 aliphatic carbocycles. The van der Waals surface area contributed by atoms with Crippen molar-refractivity contribution in [1.29, 1.82) is 0 Å². The zero-order valence-corrected chi connectivity index (χ0v) is 15.7. The van der Waals surface area contributed by atoms with Gasteiger partial charge in [-0.1, -0.05) is 24.3 Å². The number of hydrogen-bond acceptors (Lipinski definition) is 4. The Kier molecular flexibility index (Phi) is 5.23. The smallest absolute Gasteiger partial charge is 0.315 e. The first-order valence-corrected chi connectivity index (χ1v) is 9.44. The molecule has 2 aromatic rings. The van der Waals surface area contributed by atoms with Crippen molar-refractivity contribution in [3.8, 4) is 17.2 Å². The summed E-state index contributed by atoms with van der Waals surface area (Å²) in [5.74, 6) is 1.11. The van der Waals surface area contributed by atoms with Gasteiger partial charge in [-0.15, -0.1) is 0 Å². The highest BCUT2D eigenvalue weighted by Gasteiger charge is 2.26. The Balaban J connectivity index is 1.38. The van der Waals surface area contributed by atoms with Crippen molar-refractivity contribution in [2.75, 3.05) is 13.7 Å². The number of benzene rings is 2. The molecular weight excluding hydrogens is 363 g/mol. The van der Waals surface area contributed by atoms with Gasteiger partial charge in [0.25, 0.3) is 0 Å². The Morgan fingerprint density at radius 3 is 2.75 bits per heavy atom. The summed E-state index contributed by atoms with van der Waals surface area (Å²) in [6.07, 6.45) is 2.68. The Morgan fingerprint density at radius 2 is 1.96 bits per heavy atom. The number of fused-ring (bicyclic) bond motifs is 1. The van der Waals surface area contributed by atoms with Crippen LogP contribution in [0.25, 0.3) is 0 Å². The zero-order valence-electron chi connectivity index (χ0n) is 15.7. The van der Waals surface area contributed by atoms with Crippen molar-refractivity contribution < 1.29 is 23.4 Å². The van der Waals surface area contributed by atoms with Gasteiger partial charge in [0.15, 0.2) is 23.1 Å². The fraction of sp³-hybridized carbons (Fsp3) is 0.381. The summed E-state index contributed by atoms with van der Waals surface area (Å²) in [6.45, 7) is 0.557. The maximum atomic E-state index is 14.5. The van der Waals surface area contributed by atoms with E-state index in [1.807, 2.05) is 18.2 Å². The molecule has 2 aliphatic rings. The maximum absolute atomic E-state index is 14.5. The zero-order chi connectivity index (χ0) is 19.5. The van der Waals surface area contributed by atoms with Crippen LogP contribution in [-0.4, -0.2) is 25.9 Å². The Morgan fingerprint density at radius 1 is 1.18 bits per heavy atom. The average Bonchev–Trinajstić information content (AvgIpc) is 3.52. The van der Waals surface area contributed by atoms with E-state index < -0.39 is 5.82 Å². The topological polar surface area (TPSA) is 68.8 Å². The van der Waals surface area contributed by atoms with E-state index in [4.69, 9.17) is 14.2 Å². The van der Waals surface area contributed by atoms with Crippen LogP contribution in [0, 0.1) is 5.82 Å². The summed E-state index contributed by atoms with van der Waals surface area (Å²) in [7, 11) is 1.58. The lowest BCUT2D eigenvalue weighted by molar-refractivity contribution is 0.219. The first-order valence-electron chi connectivity index (χ1n) is 9.44. The molecule has 1 fully saturated rings. The van der Waals surface area contributed by atoms with Crippen molar-refractivity contribution in [2.45, 2.75) is 38.0 Å². The Labute approximate surface area is 163 Å². The van der Waals surface area contributed by atoms with Crippen LogP contribution in [-0.2, 0) is 6.54 Å². The van der Waals surface area contributed by atoms with Gasteiger partial charge in [0.1, 0.15) is 0 Å². The Hall–Kier alpha value is -2.96. The first-order chi connectivity index (χ1) is 13.7. The van der Waals surface area contributed by atoms with Crippen molar-refractivity contribution >= 4 is 6.03 Å². The number of urea groups is 1. The normalized spacial score (nSPS) is 17.9. The lowest BCUT2D eigenvalue weighted by Crippen LogP contribution is -2.39. The van der Waals surface area contributed by atoms with Crippen LogP contribution in [0.1, 0.15) is 36.4 Å². The van der Waals surface area contributed by atoms with Crippen molar-refractivity contribution in [3.63, 3.8) is 0 Å². The molecule has 28 heavy (non-hydrogen) atoms. The number of nitrogens with one attached hydrogen (secondary N) is 2. The predicted octanol–water partition coefficient (Wildman–Crippen LogP) is 3.70. The van der Waals surface area contributed by atoms with Crippen LogP contribution < -0.4 is 24.8 Å². The lowest BCUT2D eigenvalue weighted by atomic mass is 10.0. The van der Waals surface area contributed by atoms with Crippen molar-refractivity contribution in [2.24, 2.45) is 0 Å². The second kappa shape index (κ2) is 7.96. The molecular formula is C21H23FN2O4. The summed E-state index contributed by atoms with van der Waals surface area (Å²) in [5, 5.41) is 5.66. The molecule has 1 aliphatic heterocycles. The average molecular weight is 386 g/mol. The number of halogens is 1. The molecule has 1 saturated carbocycles. The molecule has 0 aromatic heterocycles. The Bertz CT molecular complexity index is 869. The third-order valence-corrected chi connectivity index (χ3v) is 4.86. The van der Waals surface area contributed by atoms with Gasteiger partial charge in [-0.25, -0.2) is 9.18 Å². The van der Waals surface area contributed by atoms with Gasteiger partial charge in [0, 0.05) is 24.1 Å². The summed E-state index contributed by atoms with van der Waals surface area (Å²) in [5.41, 5.74) is 1.26. The first kappa shape index (κ1) is 18.4. The monoisotopic (exact) mass is 386 g/mol. The molecule has 0 bridgehead atoms. The van der Waals surface area contributed by atoms with E-state index in [-0.39, 0.29) is 30.5 Å². The predicted molar refractivity (Wildman–Crippen MR) is 101 cm³/mol. The van der Waals surface area contributed by atoms with E-state index in [2.05, 4.69) is 10.6 Å². The number of hydrogen-bond donors (Lipinski definition) is 2. The van der Waals surface area contributed by atoms with E-state index in [0.29, 0.717) is 30.1 Å². The van der Waals surface area contributed by atoms with Crippen LogP contribution in [0.15, 0.2) is 36.4 Å². The maximum Gasteiger partial charge on any atom is 0.315 e. The van der Waals surface area contributed by atoms with E-state index >= 15 is 0 Å². The van der Waals surface area contributed by atoms with Gasteiger partial charge in [-0.2, -0.15) is 0 Å². The largest absolute Gasteiger partial charge is 0.493 e. The van der Waals surface area contributed by atoms with E-state index in [1.165, 1.54) is 0 Å². The molecule has 7 heteroatoms. The summed E-state index contributed by atoms with van der Waals surface area (Å²) < 4.78 is 31.1. The molecule has 2 amide bonds. The number of carbonyl (C=O) groups is 1. The summed E-state index contributed by atoms with van der Waals surface area (Å²) in [6, 6.07) is 10.0. The van der Waals surface area contributed by atoms with Gasteiger partial charge >= 0.3 is 6.03 Å². The molecule has 0 spiro atoms. The lowest BCUT2D eigenvalue weighted by Gasteiger charge is -2.27. The second-order valence-electron chi connectivity index (χ2n) is 6.94. The highest BCUT2D eigenvalue weighted by atomic mass is 19.1. The van der Waals surface area contributed by atoms with Gasteiger partial charge < -0.3 is 24.8 Å². The van der Waals surface area contributed by atoms with E-state index in [0.717, 1.165) is 18.4 Å². The molecule has 1 atom stereocenters. The fourth-order valence-electron chi connectivity index (χ4n) is 3.24. The van der Waals surface area contributed by atoms with Crippen LogP contribution in [0.3, 0.4) is 0 Å². The molecule has 1 unspecified atom stereocenters. The van der Waals surface area contributed by atoms with Gasteiger partial charge in [-0.3, -0.25) is 0 Å². The fourth-order valence-corrected chi connectivity index (χ4v) is 3.24. The summed E-state index contributed by atoms with van der Waals surface area (Å²) >= 11 is 0. The number of methoxy groups -OCH3 is 1. The highest BCUT2D eigenvalue weighted by molar-refractivity contribution is 5.74. The van der Waals surface area contributed by atoms with E-state index in [1.54, 1.807) is 25.3 Å². The molecule has 2 aromatic carbocycles. The minimum atomic E-state index is -0.421. The number of rotatable bonds is 6. The van der Waals surface area contributed by atoms with Gasteiger partial charge in [0.05, 0.1) is 25.9 Å². The number of amides is 2. The molecule has 0 saturated heterocycles. The van der Waals surface area contributed by atoms with Crippen LogP contribution in [0.4, 0.5) is 9.18 Å². The van der Waals surface area contributed by atoms with Crippen molar-refractivity contribution in [1.82, 2.24) is 10.6 Å². The summed E-state index contributed by atoms with van der Waals surface area (Å²) in [4.78, 5) is 12.4. The molecule has 6 nitrogen and oxygen atoms in total. The quantitative estimate of drug-likeness (QED) is 0.794. The molecule has 2 N–H and O–H groups in total. The third kappa shape index (κ3) is 3.98. The van der Waals surface area contributed by atoms with Gasteiger partial charge in [-0.05, 0) is 25.0 Å². The highest BCUT2D eigenvalue weighted by Crippen LogP contribution is 2.39. The molecule has 0 radical (unpaired) electrons. The minimum Gasteiger partial charge on any atom is -0.493 e. The van der Waals surface area contributed by atoms with Crippen LogP contribution in [0.5, 0.6) is 17.2 Å². The third-order valence-electron chi connectivity index (χ3n) is 4.86. The number of carbonyl (C=O) groups excluding carboxylic acids is 1. The molecule has 4 rings (SSSR count). The second-order valence-corrected chi connectivity index (χ2v) is 6.94. The van der Waals surface area contributed by atoms with Crippen molar-refractivity contribution in [3.05, 3.63) is 53.3 Å². The number of para-hydroxylation sites is 1. The standard InChI is InChI=1S/C21H23FN2O4/c1-26-18-7-3-5-15-16(10-11-27-20(15)18)24-21(25)23-12-13-4-2-6-17(19(13)22)28-14-8-9-14/h2-7,14,16H,8-12H2,1H3,(H2,23,24,25). The molecule has 1 heterocycles. The minimum absolute atomic E-state index is 0.0771. The van der Waals surface area contributed by atoms with Crippen LogP contribution in [0.2, 0.25) is 0 Å². The van der Waals surface area contributed by atoms with E-state index in [9.17, 15) is 9.18 Å². The van der Waals surface area contributed by atoms with Gasteiger partial charge in [0.2, 0.25) is 0 Å². The number of ether oxygens (including phenoxy) is 3.